The van der Waals surface area contributed by atoms with Crippen LogP contribution in [-0.2, 0) is 35.1 Å². The zero-order chi connectivity index (χ0) is 29.3. The van der Waals surface area contributed by atoms with Gasteiger partial charge in [0.1, 0.15) is 5.60 Å². The molecule has 2 amide bonds. The average Bonchev–Trinajstić information content (AvgIpc) is 3.64. The van der Waals surface area contributed by atoms with Crippen molar-refractivity contribution in [2.45, 2.75) is 97.1 Å². The van der Waals surface area contributed by atoms with E-state index in [-0.39, 0.29) is 29.8 Å². The van der Waals surface area contributed by atoms with Crippen LogP contribution in [0.2, 0.25) is 0 Å². The molecular formula is C30H46N2O7. The number of rotatable bonds is 17. The van der Waals surface area contributed by atoms with Gasteiger partial charge in [-0.3, -0.25) is 19.2 Å². The van der Waals surface area contributed by atoms with Crippen molar-refractivity contribution in [3.05, 3.63) is 35.9 Å². The molecule has 1 aliphatic rings. The van der Waals surface area contributed by atoms with Crippen LogP contribution in [0.4, 0.5) is 0 Å². The van der Waals surface area contributed by atoms with Gasteiger partial charge in [-0.2, -0.15) is 0 Å². The molecule has 9 nitrogen and oxygen atoms in total. The molecule has 0 unspecified atom stereocenters. The van der Waals surface area contributed by atoms with E-state index in [1.54, 1.807) is 13.8 Å². The Bertz CT molecular complexity index is 975. The molecule has 1 fully saturated rings. The summed E-state index contributed by atoms with van der Waals surface area (Å²) in [5.74, 6) is -2.10. The van der Waals surface area contributed by atoms with Crippen LogP contribution in [0.3, 0.4) is 0 Å². The van der Waals surface area contributed by atoms with Crippen molar-refractivity contribution in [1.82, 2.24) is 10.6 Å². The highest BCUT2D eigenvalue weighted by atomic mass is 16.6. The van der Waals surface area contributed by atoms with E-state index >= 15 is 0 Å². The molecule has 1 aromatic carbocycles. The van der Waals surface area contributed by atoms with E-state index in [0.29, 0.717) is 25.9 Å². The summed E-state index contributed by atoms with van der Waals surface area (Å²) in [5.41, 5.74) is -0.00632. The molecule has 0 aliphatic carbocycles. The lowest BCUT2D eigenvalue weighted by Crippen LogP contribution is -2.51. The van der Waals surface area contributed by atoms with E-state index < -0.39 is 47.6 Å². The monoisotopic (exact) mass is 546 g/mol. The summed E-state index contributed by atoms with van der Waals surface area (Å²) in [6.07, 6.45) is -1.22. The van der Waals surface area contributed by atoms with E-state index in [9.17, 15) is 24.3 Å². The third-order valence-corrected chi connectivity index (χ3v) is 7.08. The predicted octanol–water partition coefficient (Wildman–Crippen LogP) is 2.62. The molecule has 0 bridgehead atoms. The predicted molar refractivity (Wildman–Crippen MR) is 148 cm³/mol. The first-order valence-electron chi connectivity index (χ1n) is 13.8. The summed E-state index contributed by atoms with van der Waals surface area (Å²) >= 11 is 0. The van der Waals surface area contributed by atoms with Crippen molar-refractivity contribution < 1.29 is 33.8 Å². The molecule has 0 radical (unpaired) electrons. The molecule has 2 rings (SSSR count). The number of carbonyl (C=O) groups is 4. The third-order valence-electron chi connectivity index (χ3n) is 7.08. The van der Waals surface area contributed by atoms with E-state index in [4.69, 9.17) is 9.47 Å². The Morgan fingerprint density at radius 3 is 2.00 bits per heavy atom. The number of amides is 2. The van der Waals surface area contributed by atoms with Gasteiger partial charge in [0, 0.05) is 19.4 Å². The highest BCUT2D eigenvalue weighted by Crippen LogP contribution is 2.30. The van der Waals surface area contributed by atoms with Crippen LogP contribution >= 0.6 is 0 Å². The minimum atomic E-state index is -1.44. The zero-order valence-corrected chi connectivity index (χ0v) is 24.4. The summed E-state index contributed by atoms with van der Waals surface area (Å²) in [6.45, 7) is 11.4. The zero-order valence-electron chi connectivity index (χ0n) is 24.4. The summed E-state index contributed by atoms with van der Waals surface area (Å²) in [4.78, 5) is 52.9. The summed E-state index contributed by atoms with van der Waals surface area (Å²) < 4.78 is 10.4. The van der Waals surface area contributed by atoms with Gasteiger partial charge < -0.3 is 25.2 Å². The molecule has 9 heteroatoms. The number of aliphatic hydroxyl groups is 1. The van der Waals surface area contributed by atoms with Crippen LogP contribution < -0.4 is 10.6 Å². The van der Waals surface area contributed by atoms with Gasteiger partial charge in [0.05, 0.1) is 24.8 Å². The number of benzene rings is 1. The van der Waals surface area contributed by atoms with Gasteiger partial charge in [-0.25, -0.2) is 0 Å². The number of epoxide rings is 1. The minimum absolute atomic E-state index is 0.0740. The molecule has 39 heavy (non-hydrogen) atoms. The maximum Gasteiger partial charge on any atom is 0.252 e. The van der Waals surface area contributed by atoms with Crippen molar-refractivity contribution >= 4 is 23.4 Å². The largest absolute Gasteiger partial charge is 0.381 e. The lowest BCUT2D eigenvalue weighted by molar-refractivity contribution is -0.139. The van der Waals surface area contributed by atoms with Crippen LogP contribution in [-0.4, -0.2) is 72.1 Å². The van der Waals surface area contributed by atoms with Crippen LogP contribution in [0.25, 0.3) is 0 Å². The maximum atomic E-state index is 13.6. The van der Waals surface area contributed by atoms with Crippen molar-refractivity contribution in [2.24, 2.45) is 17.8 Å². The second kappa shape index (κ2) is 14.7. The fourth-order valence-electron chi connectivity index (χ4n) is 4.49. The Balaban J connectivity index is 2.26. The normalized spacial score (nSPS) is 20.6. The molecule has 1 aromatic rings. The number of hydrogen-bond acceptors (Lipinski definition) is 7. The molecule has 1 saturated heterocycles. The number of ether oxygens (including phenoxy) is 2. The molecule has 1 heterocycles. The van der Waals surface area contributed by atoms with Crippen LogP contribution in [0, 0.1) is 17.8 Å². The Kier molecular flexibility index (Phi) is 12.3. The molecule has 0 saturated carbocycles. The fourth-order valence-corrected chi connectivity index (χ4v) is 4.49. The summed E-state index contributed by atoms with van der Waals surface area (Å²) in [5, 5.41) is 15.8. The van der Waals surface area contributed by atoms with Crippen molar-refractivity contribution in [3.8, 4) is 0 Å². The lowest BCUT2D eigenvalue weighted by atomic mass is 9.87. The first-order chi connectivity index (χ1) is 18.3. The molecule has 6 atom stereocenters. The van der Waals surface area contributed by atoms with E-state index in [2.05, 4.69) is 10.6 Å². The summed E-state index contributed by atoms with van der Waals surface area (Å²) in [7, 11) is 1.39. The number of ketones is 2. The van der Waals surface area contributed by atoms with Gasteiger partial charge in [-0.05, 0) is 50.5 Å². The average molecular weight is 547 g/mol. The second-order valence-electron chi connectivity index (χ2n) is 11.7. The van der Waals surface area contributed by atoms with E-state index in [1.165, 1.54) is 7.11 Å². The second-order valence-corrected chi connectivity index (χ2v) is 11.7. The van der Waals surface area contributed by atoms with Gasteiger partial charge in [0.15, 0.2) is 17.7 Å². The number of Topliss-reactive ketones (excluding diaryl/α,β-unsaturated/α-hetero) is 2. The number of nitrogens with one attached hydrogen (secondary N) is 2. The Labute approximate surface area is 232 Å². The molecular weight excluding hydrogens is 500 g/mol. The van der Waals surface area contributed by atoms with Gasteiger partial charge >= 0.3 is 0 Å². The molecule has 3 N–H and O–H groups in total. The van der Waals surface area contributed by atoms with Crippen molar-refractivity contribution in [3.63, 3.8) is 0 Å². The number of carbonyl (C=O) groups excluding carboxylic acids is 4. The number of hydrogen-bond donors (Lipinski definition) is 3. The van der Waals surface area contributed by atoms with Crippen LogP contribution in [0.15, 0.2) is 30.3 Å². The topological polar surface area (TPSA) is 134 Å². The maximum absolute atomic E-state index is 13.6. The van der Waals surface area contributed by atoms with Crippen LogP contribution in [0.5, 0.6) is 0 Å². The first-order valence-corrected chi connectivity index (χ1v) is 13.8. The van der Waals surface area contributed by atoms with Gasteiger partial charge in [-0.15, -0.1) is 0 Å². The van der Waals surface area contributed by atoms with E-state index in [0.717, 1.165) is 5.56 Å². The molecule has 1 aliphatic heterocycles. The minimum Gasteiger partial charge on any atom is -0.381 e. The molecule has 0 spiro atoms. The number of methoxy groups -OCH3 is 1. The highest BCUT2D eigenvalue weighted by Gasteiger charge is 2.50. The summed E-state index contributed by atoms with van der Waals surface area (Å²) in [6, 6.07) is 7.76. The van der Waals surface area contributed by atoms with E-state index in [1.807, 2.05) is 58.0 Å². The molecule has 218 valence electrons. The first kappa shape index (κ1) is 32.6. The fraction of sp³-hybridized carbons (Fsp3) is 0.667. The molecule has 0 aromatic heterocycles. The standard InChI is InChI=1S/C30H46N2O7/c1-18(2)13-23(31-29(37)26(34)20(5)38-7)25(33)16-22(15-21-11-9-8-10-12-21)28(36)32-24(14-19(3)4)27(35)30(6)17-39-30/h8-12,18-20,22-24,26,34H,13-17H2,1-7H3,(H,31,37)(H,32,36)/t20-,22-,23+,24+,26+,30-/m1/s1. The highest BCUT2D eigenvalue weighted by molar-refractivity contribution is 5.98. The third kappa shape index (κ3) is 10.1. The Morgan fingerprint density at radius 1 is 0.949 bits per heavy atom. The van der Waals surface area contributed by atoms with Crippen molar-refractivity contribution in [2.75, 3.05) is 13.7 Å². The Hall–Kier alpha value is -2.62. The van der Waals surface area contributed by atoms with Crippen molar-refractivity contribution in [1.29, 1.82) is 0 Å². The van der Waals surface area contributed by atoms with Crippen LogP contribution in [0.1, 0.15) is 66.4 Å². The van der Waals surface area contributed by atoms with Gasteiger partial charge in [0.2, 0.25) is 5.91 Å². The quantitative estimate of drug-likeness (QED) is 0.256. The SMILES string of the molecule is CO[C@H](C)[C@H](O)C(=O)N[C@@H](CC(C)C)C(=O)C[C@@H](Cc1ccccc1)C(=O)N[C@@H](CC(C)C)C(=O)[C@@]1(C)CO1. The Morgan fingerprint density at radius 2 is 1.49 bits per heavy atom. The smallest absolute Gasteiger partial charge is 0.252 e. The number of aliphatic hydroxyl groups excluding tert-OH is 1. The lowest BCUT2D eigenvalue weighted by Gasteiger charge is -2.27. The van der Waals surface area contributed by atoms with Gasteiger partial charge in [-0.1, -0.05) is 58.0 Å². The van der Waals surface area contributed by atoms with Gasteiger partial charge in [0.25, 0.3) is 5.91 Å².